The molecular weight excluding hydrogens is 360 g/mol. The van der Waals surface area contributed by atoms with Gasteiger partial charge in [0.15, 0.2) is 4.60 Å². The van der Waals surface area contributed by atoms with E-state index in [1.165, 1.54) is 12.8 Å². The highest BCUT2D eigenvalue weighted by Gasteiger charge is 2.43. The third-order valence-electron chi connectivity index (χ3n) is 4.63. The van der Waals surface area contributed by atoms with Crippen LogP contribution in [-0.4, -0.2) is 44.2 Å². The molecule has 0 spiro atoms. The van der Waals surface area contributed by atoms with Crippen LogP contribution in [0.5, 0.6) is 0 Å². The van der Waals surface area contributed by atoms with Crippen LogP contribution in [0.3, 0.4) is 0 Å². The van der Waals surface area contributed by atoms with E-state index in [9.17, 15) is 4.79 Å². The second kappa shape index (κ2) is 6.07. The minimum atomic E-state index is -0.449. The zero-order valence-electron chi connectivity index (χ0n) is 14.3. The van der Waals surface area contributed by atoms with E-state index >= 15 is 0 Å². The van der Waals surface area contributed by atoms with Crippen molar-refractivity contribution in [3.63, 3.8) is 0 Å². The third-order valence-corrected chi connectivity index (χ3v) is 5.36. The molecule has 0 N–H and O–H groups in total. The van der Waals surface area contributed by atoms with E-state index in [2.05, 4.69) is 26.2 Å². The van der Waals surface area contributed by atoms with Crippen LogP contribution in [0.1, 0.15) is 58.2 Å². The maximum absolute atomic E-state index is 12.5. The minimum Gasteiger partial charge on any atom is -0.444 e. The average Bonchev–Trinajstić information content (AvgIpc) is 3.24. The van der Waals surface area contributed by atoms with E-state index in [1.54, 1.807) is 0 Å². The lowest BCUT2D eigenvalue weighted by atomic mass is 9.94. The lowest BCUT2D eigenvalue weighted by Gasteiger charge is -2.40. The van der Waals surface area contributed by atoms with Gasteiger partial charge in [0.1, 0.15) is 5.60 Å². The van der Waals surface area contributed by atoms with E-state index < -0.39 is 5.60 Å². The highest BCUT2D eigenvalue weighted by Crippen LogP contribution is 2.42. The number of carbonyl (C=O) groups excluding carboxylic acids is 1. The van der Waals surface area contributed by atoms with Crippen molar-refractivity contribution in [1.82, 2.24) is 19.9 Å². The van der Waals surface area contributed by atoms with Gasteiger partial charge in [0.2, 0.25) is 0 Å². The fourth-order valence-electron chi connectivity index (χ4n) is 3.34. The van der Waals surface area contributed by atoms with Crippen LogP contribution in [0.25, 0.3) is 0 Å². The van der Waals surface area contributed by atoms with Gasteiger partial charge in [0.25, 0.3) is 0 Å². The predicted octanol–water partition coefficient (Wildman–Crippen LogP) is 3.70. The van der Waals surface area contributed by atoms with Crippen molar-refractivity contribution in [1.29, 1.82) is 0 Å². The molecule has 23 heavy (non-hydrogen) atoms. The molecule has 3 rings (SSSR count). The zero-order chi connectivity index (χ0) is 16.8. The summed E-state index contributed by atoms with van der Waals surface area (Å²) in [5, 5.41) is 8.37. The van der Waals surface area contributed by atoms with Crippen molar-refractivity contribution in [2.75, 3.05) is 6.54 Å². The first kappa shape index (κ1) is 16.7. The van der Waals surface area contributed by atoms with Crippen molar-refractivity contribution >= 4 is 22.0 Å². The van der Waals surface area contributed by atoms with Gasteiger partial charge in [-0.15, -0.1) is 5.10 Å². The Kier molecular flexibility index (Phi) is 4.42. The van der Waals surface area contributed by atoms with E-state index in [-0.39, 0.29) is 12.1 Å². The number of amides is 1. The first-order valence-electron chi connectivity index (χ1n) is 8.33. The van der Waals surface area contributed by atoms with Gasteiger partial charge in [-0.05, 0) is 75.2 Å². The van der Waals surface area contributed by atoms with Crippen LogP contribution in [0.15, 0.2) is 4.60 Å². The molecule has 1 amide bonds. The number of piperidine rings is 1. The van der Waals surface area contributed by atoms with Crippen molar-refractivity contribution in [2.24, 2.45) is 5.92 Å². The summed E-state index contributed by atoms with van der Waals surface area (Å²) in [4.78, 5) is 14.5. The monoisotopic (exact) mass is 384 g/mol. The Morgan fingerprint density at radius 2 is 2.00 bits per heavy atom. The number of hydrogen-bond donors (Lipinski definition) is 0. The molecule has 1 aromatic rings. The lowest BCUT2D eigenvalue weighted by Crippen LogP contribution is -2.49. The molecule has 0 aromatic carbocycles. The SMILES string of the molecule is Cc1c(Br)nnn1[C@@H]1CCN(C(=O)OC(C)(C)C)[C@H](C2CC2)C1. The summed E-state index contributed by atoms with van der Waals surface area (Å²) in [5.41, 5.74) is 0.602. The Morgan fingerprint density at radius 1 is 1.30 bits per heavy atom. The average molecular weight is 385 g/mol. The molecule has 2 aliphatic rings. The minimum absolute atomic E-state index is 0.177. The number of hydrogen-bond acceptors (Lipinski definition) is 4. The second-order valence-corrected chi connectivity index (χ2v) is 8.42. The smallest absolute Gasteiger partial charge is 0.410 e. The summed E-state index contributed by atoms with van der Waals surface area (Å²) in [5.74, 6) is 0.609. The summed E-state index contributed by atoms with van der Waals surface area (Å²) >= 11 is 3.43. The number of ether oxygens (including phenoxy) is 1. The number of rotatable bonds is 2. The van der Waals surface area contributed by atoms with Crippen molar-refractivity contribution in [3.8, 4) is 0 Å². The molecule has 6 nitrogen and oxygen atoms in total. The Bertz CT molecular complexity index is 591. The number of carbonyl (C=O) groups is 1. The van der Waals surface area contributed by atoms with Crippen molar-refractivity contribution in [2.45, 2.75) is 71.1 Å². The fraction of sp³-hybridized carbons (Fsp3) is 0.812. The predicted molar refractivity (Wildman–Crippen MR) is 90.2 cm³/mol. The second-order valence-electron chi connectivity index (χ2n) is 7.67. The standard InChI is InChI=1S/C16H25BrN4O2/c1-10-14(17)18-19-21(10)12-7-8-20(13(9-12)11-5-6-11)15(22)23-16(2,3)4/h11-13H,5-9H2,1-4H3/t12-,13+/m1/s1. The van der Waals surface area contributed by atoms with Gasteiger partial charge in [-0.3, -0.25) is 0 Å². The lowest BCUT2D eigenvalue weighted by molar-refractivity contribution is 0.00131. The van der Waals surface area contributed by atoms with Crippen molar-refractivity contribution < 1.29 is 9.53 Å². The summed E-state index contributed by atoms with van der Waals surface area (Å²) in [6.45, 7) is 8.49. The van der Waals surface area contributed by atoms with Crippen LogP contribution in [0.4, 0.5) is 4.79 Å². The molecule has 1 aliphatic carbocycles. The van der Waals surface area contributed by atoms with Crippen LogP contribution in [-0.2, 0) is 4.74 Å². The molecule has 1 aliphatic heterocycles. The van der Waals surface area contributed by atoms with E-state index in [0.29, 0.717) is 12.0 Å². The summed E-state index contributed by atoms with van der Waals surface area (Å²) in [6, 6.07) is 0.559. The van der Waals surface area contributed by atoms with E-state index in [0.717, 1.165) is 29.7 Å². The summed E-state index contributed by atoms with van der Waals surface area (Å²) in [7, 11) is 0. The zero-order valence-corrected chi connectivity index (χ0v) is 15.8. The molecule has 128 valence electrons. The maximum atomic E-state index is 12.5. The summed E-state index contributed by atoms with van der Waals surface area (Å²) in [6.07, 6.45) is 4.05. The molecule has 2 heterocycles. The molecule has 1 saturated carbocycles. The van der Waals surface area contributed by atoms with E-state index in [1.807, 2.05) is 37.3 Å². The van der Waals surface area contributed by atoms with Crippen LogP contribution in [0.2, 0.25) is 0 Å². The molecule has 7 heteroatoms. The van der Waals surface area contributed by atoms with Gasteiger partial charge in [-0.1, -0.05) is 5.21 Å². The van der Waals surface area contributed by atoms with Gasteiger partial charge >= 0.3 is 6.09 Å². The Hall–Kier alpha value is -1.11. The number of likely N-dealkylation sites (tertiary alicyclic amines) is 1. The quantitative estimate of drug-likeness (QED) is 0.779. The maximum Gasteiger partial charge on any atom is 0.410 e. The first-order chi connectivity index (χ1) is 10.8. The summed E-state index contributed by atoms with van der Waals surface area (Å²) < 4.78 is 8.41. The molecule has 0 unspecified atom stereocenters. The highest BCUT2D eigenvalue weighted by molar-refractivity contribution is 9.10. The first-order valence-corrected chi connectivity index (χ1v) is 9.12. The highest BCUT2D eigenvalue weighted by atomic mass is 79.9. The number of aromatic nitrogens is 3. The van der Waals surface area contributed by atoms with Gasteiger partial charge < -0.3 is 9.64 Å². The van der Waals surface area contributed by atoms with Gasteiger partial charge in [-0.2, -0.15) is 0 Å². The van der Waals surface area contributed by atoms with Crippen LogP contribution >= 0.6 is 15.9 Å². The third kappa shape index (κ3) is 3.70. The van der Waals surface area contributed by atoms with Crippen LogP contribution < -0.4 is 0 Å². The Morgan fingerprint density at radius 3 is 2.52 bits per heavy atom. The molecular formula is C16H25BrN4O2. The fourth-order valence-corrected chi connectivity index (χ4v) is 3.60. The number of halogens is 1. The molecule has 0 radical (unpaired) electrons. The largest absolute Gasteiger partial charge is 0.444 e. The molecule has 0 bridgehead atoms. The van der Waals surface area contributed by atoms with Crippen LogP contribution in [0, 0.1) is 12.8 Å². The van der Waals surface area contributed by atoms with Gasteiger partial charge in [-0.25, -0.2) is 9.48 Å². The molecule has 1 aromatic heterocycles. The van der Waals surface area contributed by atoms with Gasteiger partial charge in [0.05, 0.1) is 11.7 Å². The van der Waals surface area contributed by atoms with Gasteiger partial charge in [0, 0.05) is 12.6 Å². The normalized spacial score (nSPS) is 25.5. The topological polar surface area (TPSA) is 60.2 Å². The number of nitrogens with zero attached hydrogens (tertiary/aromatic N) is 4. The van der Waals surface area contributed by atoms with Crippen molar-refractivity contribution in [3.05, 3.63) is 10.3 Å². The molecule has 1 saturated heterocycles. The Balaban J connectivity index is 1.74. The van der Waals surface area contributed by atoms with E-state index in [4.69, 9.17) is 4.74 Å². The molecule has 2 fully saturated rings. The molecule has 2 atom stereocenters. The Labute approximate surface area is 145 Å².